The van der Waals surface area contributed by atoms with Gasteiger partial charge in [0.1, 0.15) is 6.10 Å². The van der Waals surface area contributed by atoms with Crippen LogP contribution in [0.25, 0.3) is 0 Å². The van der Waals surface area contributed by atoms with E-state index in [-0.39, 0.29) is 29.8 Å². The lowest BCUT2D eigenvalue weighted by Gasteiger charge is -2.23. The second-order valence-corrected chi connectivity index (χ2v) is 4.82. The fourth-order valence-corrected chi connectivity index (χ4v) is 3.66. The van der Waals surface area contributed by atoms with Gasteiger partial charge in [0.15, 0.2) is 0 Å². The molecule has 2 saturated carbocycles. The van der Waals surface area contributed by atoms with Crippen LogP contribution in [0.15, 0.2) is 0 Å². The predicted octanol–water partition coefficient (Wildman–Crippen LogP) is 0.320. The summed E-state index contributed by atoms with van der Waals surface area (Å²) < 4.78 is 5.28. The number of hydrogen-bond donors (Lipinski definition) is 1. The second kappa shape index (κ2) is 2.97. The molecule has 0 aromatic rings. The van der Waals surface area contributed by atoms with Crippen LogP contribution in [0.1, 0.15) is 19.8 Å². The minimum absolute atomic E-state index is 0.0484. The van der Waals surface area contributed by atoms with Crippen molar-refractivity contribution in [1.29, 1.82) is 0 Å². The van der Waals surface area contributed by atoms with Crippen LogP contribution in [-0.2, 0) is 14.3 Å². The van der Waals surface area contributed by atoms with Crippen LogP contribution in [-0.4, -0.2) is 24.5 Å². The van der Waals surface area contributed by atoms with Gasteiger partial charge in [-0.1, -0.05) is 0 Å². The van der Waals surface area contributed by atoms with E-state index in [0.717, 1.165) is 12.8 Å². The average molecular weight is 209 g/mol. The Kier molecular flexibility index (Phi) is 1.82. The van der Waals surface area contributed by atoms with Gasteiger partial charge in [0.05, 0.1) is 11.8 Å². The van der Waals surface area contributed by atoms with Crippen molar-refractivity contribution in [2.45, 2.75) is 25.9 Å². The first-order chi connectivity index (χ1) is 7.22. The predicted molar refractivity (Wildman–Crippen MR) is 51.8 cm³/mol. The van der Waals surface area contributed by atoms with Gasteiger partial charge in [-0.25, -0.2) is 0 Å². The average Bonchev–Trinajstić information content (AvgIpc) is 2.76. The van der Waals surface area contributed by atoms with Crippen LogP contribution in [0.2, 0.25) is 0 Å². The Morgan fingerprint density at radius 1 is 1.53 bits per heavy atom. The molecule has 3 rings (SSSR count). The number of amides is 1. The van der Waals surface area contributed by atoms with Gasteiger partial charge in [-0.15, -0.1) is 0 Å². The molecule has 5 atom stereocenters. The molecule has 15 heavy (non-hydrogen) atoms. The maximum Gasteiger partial charge on any atom is 0.310 e. The minimum atomic E-state index is -0.139. The molecule has 1 saturated heterocycles. The molecule has 1 heterocycles. The van der Waals surface area contributed by atoms with E-state index in [1.165, 1.54) is 0 Å². The molecular formula is C11H15NO3. The summed E-state index contributed by atoms with van der Waals surface area (Å²) in [6.07, 6.45) is 2.02. The minimum Gasteiger partial charge on any atom is -0.462 e. The molecule has 3 aliphatic rings. The molecule has 0 aromatic heterocycles. The highest BCUT2D eigenvalue weighted by atomic mass is 16.6. The van der Waals surface area contributed by atoms with Gasteiger partial charge in [0, 0.05) is 12.5 Å². The lowest BCUT2D eigenvalue weighted by Crippen LogP contribution is -2.39. The molecule has 0 aromatic carbocycles. The van der Waals surface area contributed by atoms with Crippen molar-refractivity contribution in [3.05, 3.63) is 0 Å². The number of esters is 1. The Morgan fingerprint density at radius 3 is 3.07 bits per heavy atom. The molecule has 0 spiro atoms. The third-order valence-electron chi connectivity index (χ3n) is 4.14. The Bertz CT molecular complexity index is 326. The Balaban J connectivity index is 1.86. The van der Waals surface area contributed by atoms with Gasteiger partial charge in [0.25, 0.3) is 0 Å². The van der Waals surface area contributed by atoms with E-state index in [1.54, 1.807) is 0 Å². The summed E-state index contributed by atoms with van der Waals surface area (Å²) in [6, 6.07) is 0. The van der Waals surface area contributed by atoms with E-state index in [0.29, 0.717) is 18.4 Å². The van der Waals surface area contributed by atoms with E-state index >= 15 is 0 Å². The smallest absolute Gasteiger partial charge is 0.310 e. The Morgan fingerprint density at radius 2 is 2.33 bits per heavy atom. The third kappa shape index (κ3) is 1.08. The molecule has 0 unspecified atom stereocenters. The highest BCUT2D eigenvalue weighted by molar-refractivity contribution is 5.88. The topological polar surface area (TPSA) is 55.4 Å². The third-order valence-corrected chi connectivity index (χ3v) is 4.14. The Hall–Kier alpha value is -1.06. The number of ether oxygens (including phenoxy) is 1. The highest BCUT2D eigenvalue weighted by Crippen LogP contribution is 2.57. The summed E-state index contributed by atoms with van der Waals surface area (Å²) in [5, 5.41) is 2.83. The standard InChI is InChI=1S/C11H15NO3/c1-2-12-10(13)8-5-3-6-7(4-5)15-11(14)9(6)8/h5-9H,2-4H2,1H3,(H,12,13)/t5-,6-,7+,8+,9-/m0/s1. The fraction of sp³-hybridized carbons (Fsp3) is 0.818. The molecule has 1 N–H and O–H groups in total. The molecule has 1 aliphatic heterocycles. The van der Waals surface area contributed by atoms with Gasteiger partial charge in [0.2, 0.25) is 5.91 Å². The molecular weight excluding hydrogens is 194 g/mol. The monoisotopic (exact) mass is 209 g/mol. The largest absolute Gasteiger partial charge is 0.462 e. The van der Waals surface area contributed by atoms with Crippen molar-refractivity contribution in [3.8, 4) is 0 Å². The zero-order valence-corrected chi connectivity index (χ0v) is 8.73. The van der Waals surface area contributed by atoms with Crippen molar-refractivity contribution < 1.29 is 14.3 Å². The molecule has 1 amide bonds. The normalized spacial score (nSPS) is 45.7. The summed E-state index contributed by atoms with van der Waals surface area (Å²) in [5.41, 5.74) is 0. The van der Waals surface area contributed by atoms with Gasteiger partial charge < -0.3 is 10.1 Å². The van der Waals surface area contributed by atoms with Crippen LogP contribution in [0.3, 0.4) is 0 Å². The number of rotatable bonds is 2. The molecule has 2 bridgehead atoms. The van der Waals surface area contributed by atoms with Gasteiger partial charge in [-0.05, 0) is 25.7 Å². The molecule has 4 nitrogen and oxygen atoms in total. The SMILES string of the molecule is CCNC(=O)[C@@H]1[C@H]2C[C@@H]3[C@@H]1C(=O)O[C@@H]3C2. The lowest BCUT2D eigenvalue weighted by atomic mass is 9.79. The number of nitrogens with one attached hydrogen (secondary N) is 1. The zero-order chi connectivity index (χ0) is 10.6. The molecule has 3 fully saturated rings. The van der Waals surface area contributed by atoms with E-state index in [2.05, 4.69) is 5.32 Å². The summed E-state index contributed by atoms with van der Waals surface area (Å²) in [5.74, 6) is 0.369. The van der Waals surface area contributed by atoms with Crippen LogP contribution < -0.4 is 5.32 Å². The summed E-state index contributed by atoms with van der Waals surface area (Å²) in [7, 11) is 0. The highest BCUT2D eigenvalue weighted by Gasteiger charge is 2.63. The van der Waals surface area contributed by atoms with Crippen LogP contribution >= 0.6 is 0 Å². The first-order valence-corrected chi connectivity index (χ1v) is 5.70. The molecule has 2 aliphatic carbocycles. The number of carbonyl (C=O) groups excluding carboxylic acids is 2. The molecule has 0 radical (unpaired) electrons. The quantitative estimate of drug-likeness (QED) is 0.666. The maximum atomic E-state index is 11.8. The first kappa shape index (κ1) is 9.19. The summed E-state index contributed by atoms with van der Waals surface area (Å²) >= 11 is 0. The lowest BCUT2D eigenvalue weighted by molar-refractivity contribution is -0.145. The van der Waals surface area contributed by atoms with Gasteiger partial charge in [-0.3, -0.25) is 9.59 Å². The van der Waals surface area contributed by atoms with E-state index in [9.17, 15) is 9.59 Å². The van der Waals surface area contributed by atoms with Crippen LogP contribution in [0.4, 0.5) is 0 Å². The van der Waals surface area contributed by atoms with Crippen LogP contribution in [0, 0.1) is 23.7 Å². The van der Waals surface area contributed by atoms with Gasteiger partial charge in [-0.2, -0.15) is 0 Å². The van der Waals surface area contributed by atoms with Gasteiger partial charge >= 0.3 is 5.97 Å². The van der Waals surface area contributed by atoms with Crippen molar-refractivity contribution in [2.24, 2.45) is 23.7 Å². The van der Waals surface area contributed by atoms with E-state index in [4.69, 9.17) is 4.74 Å². The molecule has 4 heteroatoms. The number of fused-ring (bicyclic) bond motifs is 1. The van der Waals surface area contributed by atoms with Crippen molar-refractivity contribution in [1.82, 2.24) is 5.32 Å². The maximum absolute atomic E-state index is 11.8. The zero-order valence-electron chi connectivity index (χ0n) is 8.73. The van der Waals surface area contributed by atoms with Crippen LogP contribution in [0.5, 0.6) is 0 Å². The van der Waals surface area contributed by atoms with Crippen molar-refractivity contribution >= 4 is 11.9 Å². The summed E-state index contributed by atoms with van der Waals surface area (Å²) in [4.78, 5) is 23.5. The van der Waals surface area contributed by atoms with E-state index < -0.39 is 0 Å². The summed E-state index contributed by atoms with van der Waals surface area (Å²) in [6.45, 7) is 2.54. The number of carbonyl (C=O) groups is 2. The first-order valence-electron chi connectivity index (χ1n) is 5.70. The second-order valence-electron chi connectivity index (χ2n) is 4.82. The molecule has 82 valence electrons. The van der Waals surface area contributed by atoms with Crippen molar-refractivity contribution in [3.63, 3.8) is 0 Å². The van der Waals surface area contributed by atoms with Crippen molar-refractivity contribution in [2.75, 3.05) is 6.54 Å². The number of hydrogen-bond acceptors (Lipinski definition) is 3. The Labute approximate surface area is 88.4 Å². The fourth-order valence-electron chi connectivity index (χ4n) is 3.66. The van der Waals surface area contributed by atoms with E-state index in [1.807, 2.05) is 6.92 Å².